The van der Waals surface area contributed by atoms with Gasteiger partial charge in [-0.25, -0.2) is 15.6 Å². The Balaban J connectivity index is 1.79. The number of hydrogen-bond donors (Lipinski definition) is 2. The van der Waals surface area contributed by atoms with Crippen LogP contribution in [0.3, 0.4) is 0 Å². The fraction of sp³-hybridized carbons (Fsp3) is 0. The molecule has 0 aliphatic carbocycles. The van der Waals surface area contributed by atoms with Crippen LogP contribution < -0.4 is 10.9 Å². The summed E-state index contributed by atoms with van der Waals surface area (Å²) in [6.45, 7) is 0. The van der Waals surface area contributed by atoms with Gasteiger partial charge in [-0.15, -0.1) is 0 Å². The molecule has 0 saturated heterocycles. The number of nitro groups is 2. The number of hydrazone groups is 2. The van der Waals surface area contributed by atoms with E-state index in [0.717, 1.165) is 24.6 Å². The van der Waals surface area contributed by atoms with Gasteiger partial charge in [0.1, 0.15) is 9.85 Å². The van der Waals surface area contributed by atoms with Crippen molar-refractivity contribution in [2.75, 3.05) is 0 Å². The third-order valence-corrected chi connectivity index (χ3v) is 2.30. The molecule has 2 N–H and O–H groups in total. The lowest BCUT2D eigenvalue weighted by atomic mass is 10.5. The van der Waals surface area contributed by atoms with Crippen molar-refractivity contribution in [1.82, 2.24) is 10.9 Å². The lowest BCUT2D eigenvalue weighted by Gasteiger charge is -1.95. The average Bonchev–Trinajstić information content (AvgIpc) is 3.16. The van der Waals surface area contributed by atoms with E-state index < -0.39 is 27.6 Å². The first-order valence-corrected chi connectivity index (χ1v) is 6.06. The van der Waals surface area contributed by atoms with E-state index in [1.165, 1.54) is 12.1 Å². The van der Waals surface area contributed by atoms with E-state index in [-0.39, 0.29) is 11.5 Å². The zero-order valence-electron chi connectivity index (χ0n) is 11.6. The Labute approximate surface area is 131 Å². The maximum atomic E-state index is 11.3. The number of furan rings is 2. The van der Waals surface area contributed by atoms with Crippen LogP contribution in [0.5, 0.6) is 0 Å². The molecular formula is C11H8N6O7. The molecule has 0 atom stereocenters. The van der Waals surface area contributed by atoms with Crippen molar-refractivity contribution in [3.05, 3.63) is 56.0 Å². The lowest BCUT2D eigenvalue weighted by Crippen LogP contribution is -2.28. The molecule has 13 nitrogen and oxygen atoms in total. The van der Waals surface area contributed by atoms with Crippen LogP contribution in [0, 0.1) is 20.2 Å². The minimum atomic E-state index is -0.829. The number of rotatable bonds is 6. The molecule has 0 aliphatic heterocycles. The molecule has 2 aromatic heterocycles. The highest BCUT2D eigenvalue weighted by atomic mass is 16.7. The molecule has 0 saturated carbocycles. The summed E-state index contributed by atoms with van der Waals surface area (Å²) in [5.74, 6) is -0.794. The van der Waals surface area contributed by atoms with Gasteiger partial charge in [-0.2, -0.15) is 10.2 Å². The number of nitrogens with zero attached hydrogens (tertiary/aromatic N) is 4. The Kier molecular flexibility index (Phi) is 4.97. The van der Waals surface area contributed by atoms with Crippen molar-refractivity contribution in [3.8, 4) is 0 Å². The summed E-state index contributed by atoms with van der Waals surface area (Å²) in [7, 11) is 0. The Hall–Kier alpha value is -4.03. The first kappa shape index (κ1) is 16.3. The fourth-order valence-corrected chi connectivity index (χ4v) is 1.35. The molecule has 2 heterocycles. The Morgan fingerprint density at radius 1 is 0.917 bits per heavy atom. The van der Waals surface area contributed by atoms with Crippen LogP contribution in [-0.4, -0.2) is 28.3 Å². The molecule has 0 spiro atoms. The Morgan fingerprint density at radius 3 is 1.67 bits per heavy atom. The van der Waals surface area contributed by atoms with Gasteiger partial charge in [-0.05, 0) is 12.1 Å². The Bertz CT molecular complexity index is 754. The second-order valence-corrected chi connectivity index (χ2v) is 3.94. The van der Waals surface area contributed by atoms with Gasteiger partial charge in [0, 0.05) is 0 Å². The van der Waals surface area contributed by atoms with Crippen molar-refractivity contribution in [2.24, 2.45) is 10.2 Å². The quantitative estimate of drug-likeness (QED) is 0.454. The second-order valence-electron chi connectivity index (χ2n) is 3.94. The van der Waals surface area contributed by atoms with Gasteiger partial charge in [0.05, 0.1) is 24.6 Å². The van der Waals surface area contributed by atoms with Crippen LogP contribution >= 0.6 is 0 Å². The maximum Gasteiger partial charge on any atom is 0.433 e. The minimum Gasteiger partial charge on any atom is -0.400 e. The van der Waals surface area contributed by atoms with Gasteiger partial charge < -0.3 is 8.83 Å². The van der Waals surface area contributed by atoms with Crippen molar-refractivity contribution in [3.63, 3.8) is 0 Å². The molecule has 2 amide bonds. The molecule has 0 unspecified atom stereocenters. The molecule has 124 valence electrons. The summed E-state index contributed by atoms with van der Waals surface area (Å²) in [4.78, 5) is 30.7. The van der Waals surface area contributed by atoms with Gasteiger partial charge in [-0.3, -0.25) is 20.2 Å². The van der Waals surface area contributed by atoms with E-state index in [9.17, 15) is 25.0 Å². The van der Waals surface area contributed by atoms with Crippen LogP contribution in [0.15, 0.2) is 43.3 Å². The van der Waals surface area contributed by atoms with E-state index in [4.69, 9.17) is 8.83 Å². The van der Waals surface area contributed by atoms with Crippen molar-refractivity contribution >= 4 is 30.2 Å². The van der Waals surface area contributed by atoms with E-state index >= 15 is 0 Å². The van der Waals surface area contributed by atoms with Crippen LogP contribution in [0.4, 0.5) is 16.6 Å². The predicted molar refractivity (Wildman–Crippen MR) is 77.6 cm³/mol. The van der Waals surface area contributed by atoms with Gasteiger partial charge in [-0.1, -0.05) is 0 Å². The van der Waals surface area contributed by atoms with E-state index in [1.807, 2.05) is 10.9 Å². The zero-order valence-corrected chi connectivity index (χ0v) is 11.6. The third-order valence-electron chi connectivity index (χ3n) is 2.30. The van der Waals surface area contributed by atoms with Gasteiger partial charge in [0.15, 0.2) is 11.5 Å². The third kappa shape index (κ3) is 4.48. The summed E-state index contributed by atoms with van der Waals surface area (Å²) in [6, 6.07) is 4.03. The molecular weight excluding hydrogens is 328 g/mol. The molecule has 2 aromatic rings. The topological polar surface area (TPSA) is 178 Å². The first-order valence-electron chi connectivity index (χ1n) is 6.06. The largest absolute Gasteiger partial charge is 0.433 e. The van der Waals surface area contributed by atoms with E-state index in [0.29, 0.717) is 0 Å². The van der Waals surface area contributed by atoms with Crippen LogP contribution in [0.2, 0.25) is 0 Å². The number of carbonyl (C=O) groups excluding carboxylic acids is 1. The zero-order chi connectivity index (χ0) is 17.5. The lowest BCUT2D eigenvalue weighted by molar-refractivity contribution is -0.402. The van der Waals surface area contributed by atoms with E-state index in [1.54, 1.807) is 0 Å². The van der Waals surface area contributed by atoms with Gasteiger partial charge in [0.2, 0.25) is 0 Å². The normalized spacial score (nSPS) is 11.0. The van der Waals surface area contributed by atoms with Crippen molar-refractivity contribution in [2.45, 2.75) is 0 Å². The fourth-order valence-electron chi connectivity index (χ4n) is 1.35. The number of hydrogen-bond acceptors (Lipinski definition) is 9. The predicted octanol–water partition coefficient (Wildman–Crippen LogP) is 1.36. The second kappa shape index (κ2) is 7.30. The van der Waals surface area contributed by atoms with E-state index in [2.05, 4.69) is 10.2 Å². The molecule has 0 aliphatic rings. The Morgan fingerprint density at radius 2 is 1.33 bits per heavy atom. The average molecular weight is 336 g/mol. The molecule has 0 bridgehead atoms. The minimum absolute atomic E-state index is 0.0633. The van der Waals surface area contributed by atoms with Gasteiger partial charge >= 0.3 is 17.8 Å². The summed E-state index contributed by atoms with van der Waals surface area (Å²) in [5.41, 5.74) is 4.03. The highest BCUT2D eigenvalue weighted by molar-refractivity contribution is 5.81. The maximum absolute atomic E-state index is 11.3. The summed E-state index contributed by atoms with van der Waals surface area (Å²) >= 11 is 0. The standard InChI is InChI=1S/C11H8N6O7/c18-11(14-12-5-7-1-3-9(23-7)16(19)20)15-13-6-8-2-4-10(24-8)17(21)22/h1-6H,(H2,14,15,18)/b12-5+,13-6+. The summed E-state index contributed by atoms with van der Waals surface area (Å²) in [5, 5.41) is 27.7. The molecule has 13 heteroatoms. The number of urea groups is 1. The number of amides is 2. The summed E-state index contributed by atoms with van der Waals surface area (Å²) < 4.78 is 9.54. The van der Waals surface area contributed by atoms with Crippen molar-refractivity contribution < 1.29 is 23.5 Å². The highest BCUT2D eigenvalue weighted by Gasteiger charge is 2.11. The molecule has 24 heavy (non-hydrogen) atoms. The molecule has 2 rings (SSSR count). The number of nitrogens with one attached hydrogen (secondary N) is 2. The molecule has 0 fully saturated rings. The van der Waals surface area contributed by atoms with Crippen LogP contribution in [0.1, 0.15) is 11.5 Å². The van der Waals surface area contributed by atoms with Crippen molar-refractivity contribution in [1.29, 1.82) is 0 Å². The monoisotopic (exact) mass is 336 g/mol. The SMILES string of the molecule is O=C(N/N=C/c1ccc([N+](=O)[O-])o1)N/N=C/c1ccc([N+](=O)[O-])o1. The smallest absolute Gasteiger partial charge is 0.400 e. The van der Waals surface area contributed by atoms with Crippen LogP contribution in [-0.2, 0) is 0 Å². The highest BCUT2D eigenvalue weighted by Crippen LogP contribution is 2.14. The molecule has 0 radical (unpaired) electrons. The summed E-state index contributed by atoms with van der Waals surface area (Å²) in [6.07, 6.45) is 2.10. The first-order chi connectivity index (χ1) is 11.5. The number of carbonyl (C=O) groups is 1. The van der Waals surface area contributed by atoms with Gasteiger partial charge in [0.25, 0.3) is 0 Å². The van der Waals surface area contributed by atoms with Crippen LogP contribution in [0.25, 0.3) is 0 Å². The molecule has 0 aromatic carbocycles.